The van der Waals surface area contributed by atoms with Crippen LogP contribution in [0.15, 0.2) is 272 Å². The Kier molecular flexibility index (Phi) is 12.8. The summed E-state index contributed by atoms with van der Waals surface area (Å²) in [5, 5.41) is 15.2. The van der Waals surface area contributed by atoms with Crippen molar-refractivity contribution in [3.63, 3.8) is 0 Å². The third kappa shape index (κ3) is 8.00. The summed E-state index contributed by atoms with van der Waals surface area (Å²) in [5.74, 6) is 0.413. The third-order valence-electron chi connectivity index (χ3n) is 15.0. The van der Waals surface area contributed by atoms with Crippen LogP contribution in [0.2, 0.25) is 0 Å². The molecule has 1 N–H and O–H groups in total. The van der Waals surface area contributed by atoms with Gasteiger partial charge in [-0.05, 0) is 124 Å². The van der Waals surface area contributed by atoms with Crippen LogP contribution in [-0.2, 0) is 5.41 Å². The average molecular weight is 1010 g/mol. The van der Waals surface area contributed by atoms with Crippen molar-refractivity contribution in [2.45, 2.75) is 33.1 Å². The lowest BCUT2D eigenvalue weighted by molar-refractivity contribution is 0.668. The molecule has 0 spiro atoms. The van der Waals surface area contributed by atoms with Crippen LogP contribution in [-0.4, -0.2) is 17.9 Å². The third-order valence-corrected chi connectivity index (χ3v) is 15.0. The van der Waals surface area contributed by atoms with Gasteiger partial charge in [0.25, 0.3) is 0 Å². The van der Waals surface area contributed by atoms with Crippen molar-refractivity contribution in [1.82, 2.24) is 0 Å². The molecule has 1 unspecified atom stereocenters. The Morgan fingerprint density at radius 3 is 1.85 bits per heavy atom. The first-order valence-electron chi connectivity index (χ1n) is 26.5. The zero-order chi connectivity index (χ0) is 53.5. The van der Waals surface area contributed by atoms with Crippen LogP contribution >= 0.6 is 0 Å². The number of hydrogen-bond donors (Lipinski definition) is 1. The molecule has 0 saturated heterocycles. The Morgan fingerprint density at radius 2 is 1.13 bits per heavy atom. The van der Waals surface area contributed by atoms with Crippen molar-refractivity contribution < 1.29 is 13.3 Å². The number of nitrogens with zero attached hydrogens (tertiary/aromatic N) is 2. The van der Waals surface area contributed by atoms with Gasteiger partial charge in [-0.3, -0.25) is 5.41 Å². The van der Waals surface area contributed by atoms with Crippen LogP contribution in [0.25, 0.3) is 93.6 Å². The number of amidine groups is 2. The minimum Gasteiger partial charge on any atom is -0.456 e. The minimum atomic E-state index is -0.571. The molecular formula is C72H55N3O3. The van der Waals surface area contributed by atoms with E-state index in [2.05, 4.69) is 136 Å². The van der Waals surface area contributed by atoms with Gasteiger partial charge in [0.1, 0.15) is 33.5 Å². The van der Waals surface area contributed by atoms with E-state index in [1.807, 2.05) is 135 Å². The van der Waals surface area contributed by atoms with Crippen molar-refractivity contribution >= 4 is 89.3 Å². The van der Waals surface area contributed by atoms with E-state index in [1.165, 1.54) is 16.7 Å². The Balaban J connectivity index is 0.00000301. The van der Waals surface area contributed by atoms with Gasteiger partial charge in [-0.2, -0.15) is 0 Å². The highest BCUT2D eigenvalue weighted by atomic mass is 16.3. The van der Waals surface area contributed by atoms with Gasteiger partial charge in [0.15, 0.2) is 11.7 Å². The number of rotatable bonds is 10. The average Bonchev–Trinajstić information content (AvgIpc) is 4.30. The summed E-state index contributed by atoms with van der Waals surface area (Å²) in [6.45, 7) is 16.8. The molecule has 6 heteroatoms. The second-order valence-electron chi connectivity index (χ2n) is 19.1. The van der Waals surface area contributed by atoms with Crippen LogP contribution in [0.3, 0.4) is 0 Å². The molecule has 0 aliphatic heterocycles. The van der Waals surface area contributed by atoms with Gasteiger partial charge in [-0.25, -0.2) is 9.98 Å². The molecule has 13 rings (SSSR count). The maximum absolute atomic E-state index is 9.51. The minimum absolute atomic E-state index is 0.0564. The van der Waals surface area contributed by atoms with Crippen molar-refractivity contribution in [3.05, 3.63) is 282 Å². The molecule has 0 saturated carbocycles. The summed E-state index contributed by atoms with van der Waals surface area (Å²) in [6.07, 6.45) is 12.4. The Bertz CT molecular complexity index is 4530. The lowest BCUT2D eigenvalue weighted by Gasteiger charge is -2.36. The Hall–Kier alpha value is -9.91. The fourth-order valence-electron chi connectivity index (χ4n) is 11.6. The highest BCUT2D eigenvalue weighted by Gasteiger charge is 2.46. The quantitative estimate of drug-likeness (QED) is 0.0841. The number of aliphatic imine (C=N–C) groups is 2. The monoisotopic (exact) mass is 1010 g/mol. The molecule has 0 fully saturated rings. The molecule has 3 heterocycles. The SMILES string of the molecule is C=CC1=C(C=C)C(C(/C=C\C)=C/C)(c2ccccc2)c2cc(-c3ccc(-c4ccc5oc6cccc(C=NC(=NC(=N)c7cccc8oc9ccccc9c78)c7ccc8c(c7)oc7ccccc78)c6c5c4)cc3)ccc21.CC. The van der Waals surface area contributed by atoms with Crippen molar-refractivity contribution in [1.29, 1.82) is 5.41 Å². The summed E-state index contributed by atoms with van der Waals surface area (Å²) in [4.78, 5) is 10.1. The molecule has 376 valence electrons. The van der Waals surface area contributed by atoms with Gasteiger partial charge in [0, 0.05) is 55.2 Å². The van der Waals surface area contributed by atoms with E-state index in [0.717, 1.165) is 99.2 Å². The summed E-state index contributed by atoms with van der Waals surface area (Å²) in [6, 6.07) is 66.4. The Labute approximate surface area is 453 Å². The number of nitrogens with one attached hydrogen (secondary N) is 1. The van der Waals surface area contributed by atoms with E-state index in [-0.39, 0.29) is 5.84 Å². The predicted octanol–water partition coefficient (Wildman–Crippen LogP) is 19.6. The smallest absolute Gasteiger partial charge is 0.161 e. The summed E-state index contributed by atoms with van der Waals surface area (Å²) in [7, 11) is 0. The van der Waals surface area contributed by atoms with Crippen LogP contribution < -0.4 is 0 Å². The highest BCUT2D eigenvalue weighted by molar-refractivity contribution is 6.22. The molecule has 0 bridgehead atoms. The largest absolute Gasteiger partial charge is 0.456 e. The molecule has 3 aromatic heterocycles. The van der Waals surface area contributed by atoms with E-state index in [0.29, 0.717) is 28.1 Å². The fourth-order valence-corrected chi connectivity index (χ4v) is 11.6. The van der Waals surface area contributed by atoms with Gasteiger partial charge in [-0.15, -0.1) is 0 Å². The van der Waals surface area contributed by atoms with E-state index in [4.69, 9.17) is 23.2 Å². The van der Waals surface area contributed by atoms with Gasteiger partial charge in [-0.1, -0.05) is 197 Å². The first-order chi connectivity index (χ1) is 38.4. The molecule has 1 atom stereocenters. The normalized spacial score (nSPS) is 14.9. The van der Waals surface area contributed by atoms with E-state index in [9.17, 15) is 5.41 Å². The molecule has 9 aromatic carbocycles. The van der Waals surface area contributed by atoms with Crippen LogP contribution in [0.5, 0.6) is 0 Å². The number of para-hydroxylation sites is 2. The number of benzene rings is 9. The fraction of sp³-hybridized carbons (Fsp3) is 0.0694. The highest BCUT2D eigenvalue weighted by Crippen LogP contribution is 2.56. The van der Waals surface area contributed by atoms with Gasteiger partial charge in [0.05, 0.1) is 5.41 Å². The number of fused-ring (bicyclic) bond motifs is 10. The van der Waals surface area contributed by atoms with Gasteiger partial charge < -0.3 is 13.3 Å². The number of allylic oxidation sites excluding steroid dienone is 8. The zero-order valence-corrected chi connectivity index (χ0v) is 44.0. The first kappa shape index (κ1) is 49.0. The molecule has 1 aliphatic carbocycles. The second-order valence-corrected chi connectivity index (χ2v) is 19.1. The molecule has 0 amide bonds. The molecule has 78 heavy (non-hydrogen) atoms. The molecule has 12 aromatic rings. The van der Waals surface area contributed by atoms with E-state index in [1.54, 1.807) is 0 Å². The second kappa shape index (κ2) is 20.3. The molecule has 0 radical (unpaired) electrons. The number of hydrogen-bond acceptors (Lipinski definition) is 4. The van der Waals surface area contributed by atoms with E-state index >= 15 is 0 Å². The standard InChI is InChI=1S/C70H49N3O3.C2H6/c1-5-18-49(6-2)70(50-20-10-9-11-21-50)58(8-4)51(7-3)52-36-33-46(40-59(52)70)44-31-29-43(30-32-44)45-35-38-62-57(39-45)66-48(19-16-27-63(66)75-62)42-72-69(47-34-37-54-53-22-12-14-25-60(53)76-65(54)41-47)73-68(71)56-24-17-28-64-67(56)55-23-13-15-26-61(55)74-64;1-2/h5-42,71H,3-4H2,1-2H3;1-2H3/b18-5-,49-6+,71-68?,72-42?,73-69?;. The molecule has 1 aliphatic rings. The summed E-state index contributed by atoms with van der Waals surface area (Å²) in [5.41, 5.74) is 17.4. The van der Waals surface area contributed by atoms with Crippen molar-refractivity contribution in [2.24, 2.45) is 9.98 Å². The van der Waals surface area contributed by atoms with Crippen molar-refractivity contribution in [2.75, 3.05) is 0 Å². The lowest BCUT2D eigenvalue weighted by atomic mass is 9.66. The molecule has 6 nitrogen and oxygen atoms in total. The molecular weight excluding hydrogens is 955 g/mol. The van der Waals surface area contributed by atoms with Crippen LogP contribution in [0.4, 0.5) is 0 Å². The maximum Gasteiger partial charge on any atom is 0.161 e. The zero-order valence-electron chi connectivity index (χ0n) is 44.0. The first-order valence-corrected chi connectivity index (χ1v) is 26.5. The maximum atomic E-state index is 9.51. The summed E-state index contributed by atoms with van der Waals surface area (Å²) < 4.78 is 19.0. The number of furan rings is 3. The summed E-state index contributed by atoms with van der Waals surface area (Å²) >= 11 is 0. The van der Waals surface area contributed by atoms with E-state index < -0.39 is 5.41 Å². The van der Waals surface area contributed by atoms with Gasteiger partial charge in [0.2, 0.25) is 0 Å². The topological polar surface area (TPSA) is 88.0 Å². The Morgan fingerprint density at radius 1 is 0.526 bits per heavy atom. The van der Waals surface area contributed by atoms with Crippen molar-refractivity contribution in [3.8, 4) is 22.3 Å². The van der Waals surface area contributed by atoms with Crippen LogP contribution in [0.1, 0.15) is 61.1 Å². The van der Waals surface area contributed by atoms with Gasteiger partial charge >= 0.3 is 0 Å². The lowest BCUT2D eigenvalue weighted by Crippen LogP contribution is -2.29. The van der Waals surface area contributed by atoms with Crippen LogP contribution in [0, 0.1) is 5.41 Å². The predicted molar refractivity (Wildman–Crippen MR) is 327 cm³/mol.